The van der Waals surface area contributed by atoms with Gasteiger partial charge in [-0.25, -0.2) is 8.91 Å². The van der Waals surface area contributed by atoms with Crippen molar-refractivity contribution in [3.8, 4) is 17.0 Å². The van der Waals surface area contributed by atoms with Crippen molar-refractivity contribution in [3.05, 3.63) is 65.3 Å². The van der Waals surface area contributed by atoms with Crippen molar-refractivity contribution < 1.29 is 13.9 Å². The van der Waals surface area contributed by atoms with Crippen LogP contribution in [0.25, 0.3) is 16.2 Å². The van der Waals surface area contributed by atoms with E-state index in [2.05, 4.69) is 29.2 Å². The van der Waals surface area contributed by atoms with Crippen molar-refractivity contribution >= 4 is 28.2 Å². The minimum Gasteiger partial charge on any atom is -0.481 e. The molecule has 0 fully saturated rings. The first-order chi connectivity index (χ1) is 14.4. The molecule has 0 aliphatic heterocycles. The van der Waals surface area contributed by atoms with Gasteiger partial charge in [0.15, 0.2) is 6.10 Å². The number of carbonyl (C=O) groups excluding carboxylic acids is 1. The standard InChI is InChI=1S/C22H21FN4O2S/c1-13(2)15-6-10-18(11-7-15)29-14(3)20(28)24-21-25-22-27(26-21)19(12-30-22)16-4-8-17(23)9-5-16/h4-14H,1-3H3,(H,24,26,28). The number of nitrogens with zero attached hydrogens (tertiary/aromatic N) is 3. The first kappa shape index (κ1) is 20.0. The van der Waals surface area contributed by atoms with Gasteiger partial charge < -0.3 is 4.74 Å². The molecule has 4 rings (SSSR count). The Kier molecular flexibility index (Phi) is 5.50. The molecular weight excluding hydrogens is 403 g/mol. The number of halogens is 1. The molecule has 6 nitrogen and oxygen atoms in total. The van der Waals surface area contributed by atoms with Crippen LogP contribution in [0.2, 0.25) is 0 Å². The number of thiazole rings is 1. The zero-order chi connectivity index (χ0) is 21.3. The van der Waals surface area contributed by atoms with E-state index < -0.39 is 6.10 Å². The van der Waals surface area contributed by atoms with Gasteiger partial charge in [-0.05, 0) is 54.8 Å². The lowest BCUT2D eigenvalue weighted by atomic mass is 10.0. The Hall–Kier alpha value is -3.26. The number of ether oxygens (including phenoxy) is 1. The SMILES string of the molecule is CC(Oc1ccc(C(C)C)cc1)C(=O)Nc1nc2scc(-c3ccc(F)cc3)n2n1. The average Bonchev–Trinajstić information content (AvgIpc) is 3.29. The maximum atomic E-state index is 13.2. The molecule has 2 aromatic carbocycles. The maximum absolute atomic E-state index is 13.2. The van der Waals surface area contributed by atoms with Crippen LogP contribution in [0.15, 0.2) is 53.9 Å². The van der Waals surface area contributed by atoms with Crippen molar-refractivity contribution in [3.63, 3.8) is 0 Å². The Bertz CT molecular complexity index is 1170. The van der Waals surface area contributed by atoms with E-state index in [9.17, 15) is 9.18 Å². The van der Waals surface area contributed by atoms with Crippen LogP contribution in [0.3, 0.4) is 0 Å². The molecular formula is C22H21FN4O2S. The highest BCUT2D eigenvalue weighted by atomic mass is 32.1. The van der Waals surface area contributed by atoms with Crippen LogP contribution in [-0.4, -0.2) is 26.6 Å². The summed E-state index contributed by atoms with van der Waals surface area (Å²) < 4.78 is 20.5. The Balaban J connectivity index is 1.45. The third-order valence-corrected chi connectivity index (χ3v) is 5.50. The van der Waals surface area contributed by atoms with Gasteiger partial charge in [-0.2, -0.15) is 4.98 Å². The van der Waals surface area contributed by atoms with Crippen molar-refractivity contribution in [2.45, 2.75) is 32.8 Å². The van der Waals surface area contributed by atoms with Gasteiger partial charge in [-0.3, -0.25) is 10.1 Å². The highest BCUT2D eigenvalue weighted by Crippen LogP contribution is 2.26. The molecule has 0 aliphatic carbocycles. The Morgan fingerprint density at radius 3 is 2.47 bits per heavy atom. The molecule has 0 saturated carbocycles. The van der Waals surface area contributed by atoms with E-state index in [0.29, 0.717) is 16.6 Å². The summed E-state index contributed by atoms with van der Waals surface area (Å²) in [5, 5.41) is 8.95. The summed E-state index contributed by atoms with van der Waals surface area (Å²) in [4.78, 5) is 17.5. The maximum Gasteiger partial charge on any atom is 0.267 e. The van der Waals surface area contributed by atoms with E-state index in [1.807, 2.05) is 29.6 Å². The second-order valence-corrected chi connectivity index (χ2v) is 8.07. The molecule has 1 N–H and O–H groups in total. The minimum atomic E-state index is -0.715. The summed E-state index contributed by atoms with van der Waals surface area (Å²) in [6, 6.07) is 13.8. The van der Waals surface area contributed by atoms with Gasteiger partial charge in [-0.15, -0.1) is 16.4 Å². The highest BCUT2D eigenvalue weighted by Gasteiger charge is 2.19. The molecule has 2 aromatic heterocycles. The monoisotopic (exact) mass is 424 g/mol. The number of anilines is 1. The number of nitrogens with one attached hydrogen (secondary N) is 1. The van der Waals surface area contributed by atoms with Gasteiger partial charge in [-0.1, -0.05) is 26.0 Å². The number of fused-ring (bicyclic) bond motifs is 1. The molecule has 8 heteroatoms. The molecule has 30 heavy (non-hydrogen) atoms. The second-order valence-electron chi connectivity index (χ2n) is 7.23. The van der Waals surface area contributed by atoms with Gasteiger partial charge in [0.05, 0.1) is 5.69 Å². The van der Waals surface area contributed by atoms with Crippen molar-refractivity contribution in [2.24, 2.45) is 0 Å². The molecule has 0 spiro atoms. The summed E-state index contributed by atoms with van der Waals surface area (Å²) in [5.74, 6) is 0.606. The summed E-state index contributed by atoms with van der Waals surface area (Å²) >= 11 is 1.39. The fourth-order valence-corrected chi connectivity index (χ4v) is 3.79. The van der Waals surface area contributed by atoms with Crippen LogP contribution in [0.5, 0.6) is 5.75 Å². The van der Waals surface area contributed by atoms with Gasteiger partial charge in [0.25, 0.3) is 11.9 Å². The third-order valence-electron chi connectivity index (χ3n) is 4.69. The summed E-state index contributed by atoms with van der Waals surface area (Å²) in [5.41, 5.74) is 2.79. The minimum absolute atomic E-state index is 0.195. The van der Waals surface area contributed by atoms with Crippen molar-refractivity contribution in [1.82, 2.24) is 14.6 Å². The third kappa shape index (κ3) is 4.18. The lowest BCUT2D eigenvalue weighted by Gasteiger charge is -2.14. The van der Waals surface area contributed by atoms with Crippen LogP contribution >= 0.6 is 11.3 Å². The molecule has 154 valence electrons. The smallest absolute Gasteiger partial charge is 0.267 e. The van der Waals surface area contributed by atoms with E-state index in [4.69, 9.17) is 4.74 Å². The fourth-order valence-electron chi connectivity index (χ4n) is 2.95. The Labute approximate surface area is 177 Å². The van der Waals surface area contributed by atoms with E-state index in [1.165, 1.54) is 29.0 Å². The molecule has 4 aromatic rings. The number of carbonyl (C=O) groups is 1. The number of aromatic nitrogens is 3. The first-order valence-corrected chi connectivity index (χ1v) is 10.5. The highest BCUT2D eigenvalue weighted by molar-refractivity contribution is 7.15. The zero-order valence-corrected chi connectivity index (χ0v) is 17.6. The number of hydrogen-bond acceptors (Lipinski definition) is 5. The van der Waals surface area contributed by atoms with E-state index >= 15 is 0 Å². The number of rotatable bonds is 6. The second kappa shape index (κ2) is 8.23. The van der Waals surface area contributed by atoms with Crippen molar-refractivity contribution in [2.75, 3.05) is 5.32 Å². The topological polar surface area (TPSA) is 68.5 Å². The van der Waals surface area contributed by atoms with Crippen molar-refractivity contribution in [1.29, 1.82) is 0 Å². The summed E-state index contributed by atoms with van der Waals surface area (Å²) in [6.45, 7) is 5.92. The van der Waals surface area contributed by atoms with Crippen LogP contribution in [0.1, 0.15) is 32.3 Å². The fraction of sp³-hybridized carbons (Fsp3) is 0.227. The predicted molar refractivity (Wildman–Crippen MR) is 116 cm³/mol. The van der Waals surface area contributed by atoms with Gasteiger partial charge in [0.1, 0.15) is 11.6 Å². The van der Waals surface area contributed by atoms with Crippen LogP contribution in [0, 0.1) is 5.82 Å². The molecule has 0 radical (unpaired) electrons. The molecule has 1 amide bonds. The lowest BCUT2D eigenvalue weighted by Crippen LogP contribution is -2.30. The molecule has 2 heterocycles. The number of hydrogen-bond donors (Lipinski definition) is 1. The predicted octanol–water partition coefficient (Wildman–Crippen LogP) is 5.13. The van der Waals surface area contributed by atoms with E-state index in [0.717, 1.165) is 11.3 Å². The lowest BCUT2D eigenvalue weighted by molar-refractivity contribution is -0.122. The molecule has 0 bridgehead atoms. The average molecular weight is 425 g/mol. The summed E-state index contributed by atoms with van der Waals surface area (Å²) in [6.07, 6.45) is -0.715. The van der Waals surface area contributed by atoms with Crippen LogP contribution in [0.4, 0.5) is 10.3 Å². The van der Waals surface area contributed by atoms with E-state index in [1.54, 1.807) is 23.6 Å². The van der Waals surface area contributed by atoms with Gasteiger partial charge in [0.2, 0.25) is 4.96 Å². The largest absolute Gasteiger partial charge is 0.481 e. The van der Waals surface area contributed by atoms with Crippen LogP contribution in [-0.2, 0) is 4.79 Å². The van der Waals surface area contributed by atoms with Gasteiger partial charge in [0, 0.05) is 10.9 Å². The Morgan fingerprint density at radius 2 is 1.80 bits per heavy atom. The zero-order valence-electron chi connectivity index (χ0n) is 16.8. The number of benzene rings is 2. The van der Waals surface area contributed by atoms with Crippen LogP contribution < -0.4 is 10.1 Å². The van der Waals surface area contributed by atoms with E-state index in [-0.39, 0.29) is 17.7 Å². The number of amides is 1. The summed E-state index contributed by atoms with van der Waals surface area (Å²) in [7, 11) is 0. The molecule has 1 unspecified atom stereocenters. The Morgan fingerprint density at radius 1 is 1.10 bits per heavy atom. The molecule has 1 atom stereocenters. The first-order valence-electron chi connectivity index (χ1n) is 9.58. The normalized spacial score (nSPS) is 12.3. The van der Waals surface area contributed by atoms with Gasteiger partial charge >= 0.3 is 0 Å². The quantitative estimate of drug-likeness (QED) is 0.466. The molecule has 0 saturated heterocycles. The molecule has 0 aliphatic rings.